The monoisotopic (exact) mass is 388 g/mol. The smallest absolute Gasteiger partial charge is 0.177 e. The van der Waals surface area contributed by atoms with E-state index in [4.69, 9.17) is 5.73 Å². The molecule has 142 valence electrons. The van der Waals surface area contributed by atoms with Crippen molar-refractivity contribution in [2.75, 3.05) is 5.73 Å². The van der Waals surface area contributed by atoms with E-state index in [2.05, 4.69) is 20.3 Å². The Bertz CT molecular complexity index is 1380. The Morgan fingerprint density at radius 3 is 2.72 bits per heavy atom. The average Bonchev–Trinajstić information content (AvgIpc) is 3.13. The second-order valence-electron chi connectivity index (χ2n) is 6.63. The second-order valence-corrected chi connectivity index (χ2v) is 6.63. The summed E-state index contributed by atoms with van der Waals surface area (Å²) in [6, 6.07) is 15.2. The number of hydrogen-bond donors (Lipinski definition) is 1. The van der Waals surface area contributed by atoms with Crippen molar-refractivity contribution in [1.82, 2.24) is 24.8 Å². The van der Waals surface area contributed by atoms with Crippen molar-refractivity contribution in [3.63, 3.8) is 0 Å². The van der Waals surface area contributed by atoms with Crippen LogP contribution in [0.15, 0.2) is 60.8 Å². The van der Waals surface area contributed by atoms with E-state index < -0.39 is 11.6 Å². The third-order valence-corrected chi connectivity index (χ3v) is 4.74. The Kier molecular flexibility index (Phi) is 3.90. The zero-order valence-electron chi connectivity index (χ0n) is 15.0. The molecule has 2 aromatic carbocycles. The molecule has 0 saturated carbocycles. The molecule has 5 aromatic rings. The summed E-state index contributed by atoms with van der Waals surface area (Å²) >= 11 is 0. The molecule has 0 spiro atoms. The standard InChI is InChI=1S/C21H14F2N6/c22-16-11-18-14(5-2-8-25-18)21(23)15(16)10-20-27-26-19-7-6-17(28-29(19)20)12-3-1-4-13(24)9-12/h1-9,11H,10,24H2. The van der Waals surface area contributed by atoms with E-state index in [1.807, 2.05) is 12.1 Å². The Hall–Kier alpha value is -3.94. The molecule has 3 aromatic heterocycles. The van der Waals surface area contributed by atoms with Gasteiger partial charge in [0.2, 0.25) is 0 Å². The maximum absolute atomic E-state index is 14.9. The highest BCUT2D eigenvalue weighted by Crippen LogP contribution is 2.25. The Morgan fingerprint density at radius 2 is 1.86 bits per heavy atom. The van der Waals surface area contributed by atoms with Crippen LogP contribution in [-0.2, 0) is 6.42 Å². The molecule has 5 rings (SSSR count). The summed E-state index contributed by atoms with van der Waals surface area (Å²) in [6.45, 7) is 0. The van der Waals surface area contributed by atoms with Crippen LogP contribution in [0.25, 0.3) is 27.8 Å². The minimum Gasteiger partial charge on any atom is -0.399 e. The summed E-state index contributed by atoms with van der Waals surface area (Å²) in [5, 5.41) is 12.9. The first-order valence-corrected chi connectivity index (χ1v) is 8.89. The third kappa shape index (κ3) is 2.94. The molecule has 6 nitrogen and oxygen atoms in total. The van der Waals surface area contributed by atoms with Gasteiger partial charge in [-0.1, -0.05) is 12.1 Å². The normalized spacial score (nSPS) is 11.4. The maximum Gasteiger partial charge on any atom is 0.177 e. The zero-order valence-corrected chi connectivity index (χ0v) is 15.0. The van der Waals surface area contributed by atoms with Gasteiger partial charge < -0.3 is 5.73 Å². The van der Waals surface area contributed by atoms with Crippen molar-refractivity contribution in [2.45, 2.75) is 6.42 Å². The summed E-state index contributed by atoms with van der Waals surface area (Å²) in [4.78, 5) is 4.01. The van der Waals surface area contributed by atoms with Gasteiger partial charge in [-0.3, -0.25) is 4.98 Å². The largest absolute Gasteiger partial charge is 0.399 e. The molecule has 8 heteroatoms. The number of aromatic nitrogens is 5. The predicted molar refractivity (Wildman–Crippen MR) is 105 cm³/mol. The third-order valence-electron chi connectivity index (χ3n) is 4.74. The average molecular weight is 388 g/mol. The van der Waals surface area contributed by atoms with Crippen LogP contribution in [0.2, 0.25) is 0 Å². The number of benzene rings is 2. The van der Waals surface area contributed by atoms with Gasteiger partial charge in [0, 0.05) is 40.9 Å². The van der Waals surface area contributed by atoms with Crippen LogP contribution in [0.4, 0.5) is 14.5 Å². The van der Waals surface area contributed by atoms with Gasteiger partial charge in [-0.2, -0.15) is 9.61 Å². The molecule has 0 bridgehead atoms. The van der Waals surface area contributed by atoms with Crippen molar-refractivity contribution < 1.29 is 8.78 Å². The predicted octanol–water partition coefficient (Wildman–Crippen LogP) is 3.79. The summed E-state index contributed by atoms with van der Waals surface area (Å²) in [5.74, 6) is -1.01. The van der Waals surface area contributed by atoms with Crippen LogP contribution in [0, 0.1) is 11.6 Å². The number of halogens is 2. The van der Waals surface area contributed by atoms with E-state index in [1.54, 1.807) is 36.4 Å². The van der Waals surface area contributed by atoms with E-state index in [1.165, 1.54) is 16.8 Å². The van der Waals surface area contributed by atoms with E-state index in [-0.39, 0.29) is 22.9 Å². The van der Waals surface area contributed by atoms with Crippen molar-refractivity contribution in [1.29, 1.82) is 0 Å². The summed E-state index contributed by atoms with van der Waals surface area (Å²) in [7, 11) is 0. The molecule has 0 fully saturated rings. The molecule has 0 unspecified atom stereocenters. The summed E-state index contributed by atoms with van der Waals surface area (Å²) in [5.41, 5.74) is 8.58. The van der Waals surface area contributed by atoms with Crippen LogP contribution in [0.1, 0.15) is 11.4 Å². The highest BCUT2D eigenvalue weighted by molar-refractivity contribution is 5.80. The molecule has 0 atom stereocenters. The lowest BCUT2D eigenvalue weighted by Crippen LogP contribution is -2.05. The molecule has 0 saturated heterocycles. The minimum atomic E-state index is -0.683. The van der Waals surface area contributed by atoms with Gasteiger partial charge in [0.15, 0.2) is 11.5 Å². The van der Waals surface area contributed by atoms with E-state index in [0.717, 1.165) is 5.56 Å². The fraction of sp³-hybridized carbons (Fsp3) is 0.0476. The van der Waals surface area contributed by atoms with Gasteiger partial charge in [0.25, 0.3) is 0 Å². The highest BCUT2D eigenvalue weighted by Gasteiger charge is 2.18. The lowest BCUT2D eigenvalue weighted by Gasteiger charge is -2.08. The van der Waals surface area contributed by atoms with Gasteiger partial charge in [0.05, 0.1) is 11.2 Å². The number of hydrogen-bond acceptors (Lipinski definition) is 5. The number of anilines is 1. The lowest BCUT2D eigenvalue weighted by molar-refractivity contribution is 0.566. The fourth-order valence-electron chi connectivity index (χ4n) is 3.31. The number of rotatable bonds is 3. The first-order valence-electron chi connectivity index (χ1n) is 8.89. The van der Waals surface area contributed by atoms with Gasteiger partial charge in [-0.05, 0) is 36.4 Å². The fourth-order valence-corrected chi connectivity index (χ4v) is 3.31. The molecule has 29 heavy (non-hydrogen) atoms. The topological polar surface area (TPSA) is 82.0 Å². The molecule has 3 heterocycles. The molecule has 0 amide bonds. The van der Waals surface area contributed by atoms with E-state index >= 15 is 0 Å². The molecule has 0 aliphatic rings. The van der Waals surface area contributed by atoms with Gasteiger partial charge in [-0.15, -0.1) is 10.2 Å². The maximum atomic E-state index is 14.9. The summed E-state index contributed by atoms with van der Waals surface area (Å²) < 4.78 is 31.0. The van der Waals surface area contributed by atoms with Crippen LogP contribution in [0.5, 0.6) is 0 Å². The van der Waals surface area contributed by atoms with Gasteiger partial charge in [-0.25, -0.2) is 8.78 Å². The quantitative estimate of drug-likeness (QED) is 0.476. The van der Waals surface area contributed by atoms with Crippen molar-refractivity contribution in [2.24, 2.45) is 0 Å². The Morgan fingerprint density at radius 1 is 0.966 bits per heavy atom. The number of nitrogens with two attached hydrogens (primary N) is 1. The SMILES string of the molecule is Nc1cccc(-c2ccc3nnc(Cc4c(F)cc5ncccc5c4F)n3n2)c1. The van der Waals surface area contributed by atoms with E-state index in [9.17, 15) is 8.78 Å². The van der Waals surface area contributed by atoms with Crippen molar-refractivity contribution in [3.8, 4) is 11.3 Å². The first-order chi connectivity index (χ1) is 14.1. The van der Waals surface area contributed by atoms with E-state index in [0.29, 0.717) is 22.9 Å². The lowest BCUT2D eigenvalue weighted by atomic mass is 10.1. The summed E-state index contributed by atoms with van der Waals surface area (Å²) in [6.07, 6.45) is 1.39. The molecule has 0 aliphatic heterocycles. The number of fused-ring (bicyclic) bond motifs is 2. The Labute approximate surface area is 163 Å². The van der Waals surface area contributed by atoms with Crippen LogP contribution in [-0.4, -0.2) is 24.8 Å². The van der Waals surface area contributed by atoms with Gasteiger partial charge in [0.1, 0.15) is 11.6 Å². The molecule has 0 aliphatic carbocycles. The molecular formula is C21H14F2N6. The number of nitrogens with zero attached hydrogens (tertiary/aromatic N) is 5. The van der Waals surface area contributed by atoms with Crippen LogP contribution in [0.3, 0.4) is 0 Å². The first kappa shape index (κ1) is 17.2. The van der Waals surface area contributed by atoms with Crippen molar-refractivity contribution >= 4 is 22.2 Å². The number of pyridine rings is 1. The van der Waals surface area contributed by atoms with Gasteiger partial charge >= 0.3 is 0 Å². The molecule has 2 N–H and O–H groups in total. The Balaban J connectivity index is 1.61. The molecule has 0 radical (unpaired) electrons. The van der Waals surface area contributed by atoms with Crippen molar-refractivity contribution in [3.05, 3.63) is 83.8 Å². The second kappa shape index (κ2) is 6.59. The van der Waals surface area contributed by atoms with Crippen LogP contribution < -0.4 is 5.73 Å². The van der Waals surface area contributed by atoms with Crippen LogP contribution >= 0.6 is 0 Å². The minimum absolute atomic E-state index is 0.100. The molecular weight excluding hydrogens is 374 g/mol. The zero-order chi connectivity index (χ0) is 20.0. The highest BCUT2D eigenvalue weighted by atomic mass is 19.1. The number of nitrogen functional groups attached to an aromatic ring is 1.